The Morgan fingerprint density at radius 2 is 1.90 bits per heavy atom. The van der Waals surface area contributed by atoms with E-state index in [1.165, 1.54) is 6.92 Å². The predicted molar refractivity (Wildman–Crippen MR) is 79.3 cm³/mol. The minimum atomic E-state index is -1.49. The molecule has 0 aliphatic carbocycles. The molecule has 0 radical (unpaired) electrons. The first kappa shape index (κ1) is 17.3. The van der Waals surface area contributed by atoms with E-state index in [9.17, 15) is 14.7 Å². The van der Waals surface area contributed by atoms with Gasteiger partial charge in [-0.05, 0) is 31.5 Å². The Kier molecular flexibility index (Phi) is 5.99. The zero-order valence-electron chi connectivity index (χ0n) is 11.9. The van der Waals surface area contributed by atoms with Gasteiger partial charge in [-0.15, -0.1) is 0 Å². The molecule has 2 amide bonds. The summed E-state index contributed by atoms with van der Waals surface area (Å²) in [5, 5.41) is 24.2. The number of urea groups is 1. The molecule has 7 heteroatoms. The zero-order chi connectivity index (χ0) is 16.0. The van der Waals surface area contributed by atoms with Crippen molar-refractivity contribution in [2.45, 2.75) is 31.9 Å². The van der Waals surface area contributed by atoms with Crippen molar-refractivity contribution < 1.29 is 19.8 Å². The van der Waals surface area contributed by atoms with E-state index in [1.807, 2.05) is 0 Å². The molecule has 0 spiro atoms. The van der Waals surface area contributed by atoms with Gasteiger partial charge in [0.25, 0.3) is 0 Å². The van der Waals surface area contributed by atoms with Crippen LogP contribution >= 0.6 is 11.6 Å². The summed E-state index contributed by atoms with van der Waals surface area (Å²) in [6.07, 6.45) is -0.444. The molecule has 2 unspecified atom stereocenters. The molecule has 0 heterocycles. The maximum Gasteiger partial charge on any atom is 0.315 e. The minimum Gasteiger partial charge on any atom is -0.481 e. The van der Waals surface area contributed by atoms with E-state index in [1.54, 1.807) is 31.2 Å². The summed E-state index contributed by atoms with van der Waals surface area (Å²) in [7, 11) is 0. The Bertz CT molecular complexity index is 502. The topological polar surface area (TPSA) is 98.7 Å². The van der Waals surface area contributed by atoms with Crippen LogP contribution in [0.25, 0.3) is 0 Å². The van der Waals surface area contributed by atoms with Crippen LogP contribution in [0.4, 0.5) is 4.79 Å². The van der Waals surface area contributed by atoms with Crippen molar-refractivity contribution in [1.29, 1.82) is 0 Å². The van der Waals surface area contributed by atoms with E-state index < -0.39 is 24.0 Å². The van der Waals surface area contributed by atoms with Gasteiger partial charge in [0, 0.05) is 11.6 Å². The van der Waals surface area contributed by atoms with Gasteiger partial charge in [0.15, 0.2) is 0 Å². The number of benzene rings is 1. The summed E-state index contributed by atoms with van der Waals surface area (Å²) in [6.45, 7) is 3.00. The largest absolute Gasteiger partial charge is 0.481 e. The molecule has 1 aromatic rings. The molecule has 116 valence electrons. The summed E-state index contributed by atoms with van der Waals surface area (Å²) in [5.74, 6) is -1.13. The van der Waals surface area contributed by atoms with Gasteiger partial charge in [-0.3, -0.25) is 4.79 Å². The van der Waals surface area contributed by atoms with Gasteiger partial charge in [-0.2, -0.15) is 0 Å². The first-order valence-electron chi connectivity index (χ1n) is 6.43. The molecule has 0 saturated carbocycles. The highest BCUT2D eigenvalue weighted by molar-refractivity contribution is 6.30. The van der Waals surface area contributed by atoms with E-state index in [-0.39, 0.29) is 12.6 Å². The molecule has 6 nitrogen and oxygen atoms in total. The quantitative estimate of drug-likeness (QED) is 0.644. The maximum absolute atomic E-state index is 11.7. The molecule has 0 aliphatic rings. The lowest BCUT2D eigenvalue weighted by molar-refractivity contribution is -0.141. The first-order chi connectivity index (χ1) is 9.69. The van der Waals surface area contributed by atoms with Crippen LogP contribution < -0.4 is 10.6 Å². The van der Waals surface area contributed by atoms with Gasteiger partial charge in [-0.25, -0.2) is 4.79 Å². The SMILES string of the molecule is CC(NC(=O)NCC(C)(O)CC(=O)O)c1ccc(Cl)cc1. The van der Waals surface area contributed by atoms with E-state index in [4.69, 9.17) is 16.7 Å². The summed E-state index contributed by atoms with van der Waals surface area (Å²) in [6, 6.07) is 6.33. The number of carboxylic acid groups (broad SMARTS) is 1. The monoisotopic (exact) mass is 314 g/mol. The Balaban J connectivity index is 2.46. The van der Waals surface area contributed by atoms with Crippen LogP contribution in [0.1, 0.15) is 31.9 Å². The second-order valence-corrected chi connectivity index (χ2v) is 5.60. The van der Waals surface area contributed by atoms with Crippen LogP contribution in [0.2, 0.25) is 5.02 Å². The highest BCUT2D eigenvalue weighted by Crippen LogP contribution is 2.15. The van der Waals surface area contributed by atoms with Gasteiger partial charge in [-0.1, -0.05) is 23.7 Å². The third kappa shape index (κ3) is 6.46. The number of amides is 2. The number of carbonyl (C=O) groups excluding carboxylic acids is 1. The standard InChI is InChI=1S/C14H19ClN2O4/c1-9(10-3-5-11(15)6-4-10)17-13(20)16-8-14(2,21)7-12(18)19/h3-6,9,21H,7-8H2,1-2H3,(H,18,19)(H2,16,17,20). The first-order valence-corrected chi connectivity index (χ1v) is 6.81. The average Bonchev–Trinajstić information content (AvgIpc) is 2.36. The van der Waals surface area contributed by atoms with Gasteiger partial charge in [0.2, 0.25) is 0 Å². The fraction of sp³-hybridized carbons (Fsp3) is 0.429. The summed E-state index contributed by atoms with van der Waals surface area (Å²) >= 11 is 5.79. The Labute approximate surface area is 128 Å². The predicted octanol–water partition coefficient (Wildman–Crippen LogP) is 1.93. The van der Waals surface area contributed by atoms with Crippen LogP contribution in [-0.4, -0.2) is 34.4 Å². The van der Waals surface area contributed by atoms with Gasteiger partial charge in [0.1, 0.15) is 0 Å². The molecule has 1 aromatic carbocycles. The number of nitrogens with one attached hydrogen (secondary N) is 2. The second kappa shape index (κ2) is 7.28. The Hall–Kier alpha value is -1.79. The van der Waals surface area contributed by atoms with Crippen molar-refractivity contribution in [3.8, 4) is 0 Å². The van der Waals surface area contributed by atoms with Crippen LogP contribution in [0.3, 0.4) is 0 Å². The fourth-order valence-electron chi connectivity index (χ4n) is 1.74. The molecule has 0 bridgehead atoms. The van der Waals surface area contributed by atoms with E-state index >= 15 is 0 Å². The van der Waals surface area contributed by atoms with Crippen LogP contribution in [0.15, 0.2) is 24.3 Å². The number of halogens is 1. The average molecular weight is 315 g/mol. The van der Waals surface area contributed by atoms with Crippen LogP contribution in [0, 0.1) is 0 Å². The number of aliphatic carboxylic acids is 1. The van der Waals surface area contributed by atoms with Crippen LogP contribution in [-0.2, 0) is 4.79 Å². The number of rotatable bonds is 6. The van der Waals surface area contributed by atoms with Crippen molar-refractivity contribution in [2.24, 2.45) is 0 Å². The number of hydrogen-bond acceptors (Lipinski definition) is 3. The number of hydrogen-bond donors (Lipinski definition) is 4. The highest BCUT2D eigenvalue weighted by Gasteiger charge is 2.25. The molecule has 4 N–H and O–H groups in total. The molecule has 0 aromatic heterocycles. The maximum atomic E-state index is 11.7. The zero-order valence-corrected chi connectivity index (χ0v) is 12.6. The van der Waals surface area contributed by atoms with E-state index in [0.717, 1.165) is 5.56 Å². The normalized spacial score (nSPS) is 14.9. The number of aliphatic hydroxyl groups is 1. The molecule has 0 aliphatic heterocycles. The van der Waals surface area contributed by atoms with Crippen molar-refractivity contribution in [2.75, 3.05) is 6.54 Å². The Morgan fingerprint density at radius 3 is 2.43 bits per heavy atom. The highest BCUT2D eigenvalue weighted by atomic mass is 35.5. The van der Waals surface area contributed by atoms with Crippen molar-refractivity contribution in [3.63, 3.8) is 0 Å². The Morgan fingerprint density at radius 1 is 1.33 bits per heavy atom. The summed E-state index contributed by atoms with van der Waals surface area (Å²) < 4.78 is 0. The smallest absolute Gasteiger partial charge is 0.315 e. The van der Waals surface area contributed by atoms with Gasteiger partial charge in [0.05, 0.1) is 18.1 Å². The van der Waals surface area contributed by atoms with Gasteiger partial charge < -0.3 is 20.8 Å². The van der Waals surface area contributed by atoms with Crippen molar-refractivity contribution in [3.05, 3.63) is 34.9 Å². The van der Waals surface area contributed by atoms with E-state index in [2.05, 4.69) is 10.6 Å². The molecule has 1 rings (SSSR count). The van der Waals surface area contributed by atoms with Crippen molar-refractivity contribution >= 4 is 23.6 Å². The molecule has 21 heavy (non-hydrogen) atoms. The molecule has 0 fully saturated rings. The fourth-order valence-corrected chi connectivity index (χ4v) is 1.87. The summed E-state index contributed by atoms with van der Waals surface area (Å²) in [5.41, 5.74) is -0.612. The lowest BCUT2D eigenvalue weighted by Gasteiger charge is -2.22. The molecule has 2 atom stereocenters. The number of carboxylic acids is 1. The minimum absolute atomic E-state index is 0.154. The lowest BCUT2D eigenvalue weighted by atomic mass is 10.0. The third-order valence-corrected chi connectivity index (χ3v) is 3.13. The summed E-state index contributed by atoms with van der Waals surface area (Å²) in [4.78, 5) is 22.3. The molecule has 0 saturated heterocycles. The lowest BCUT2D eigenvalue weighted by Crippen LogP contribution is -2.46. The van der Waals surface area contributed by atoms with Crippen molar-refractivity contribution in [1.82, 2.24) is 10.6 Å². The van der Waals surface area contributed by atoms with Gasteiger partial charge >= 0.3 is 12.0 Å². The second-order valence-electron chi connectivity index (χ2n) is 5.17. The number of carbonyl (C=O) groups is 2. The molecular weight excluding hydrogens is 296 g/mol. The van der Waals surface area contributed by atoms with Crippen LogP contribution in [0.5, 0.6) is 0 Å². The third-order valence-electron chi connectivity index (χ3n) is 2.88. The van der Waals surface area contributed by atoms with E-state index in [0.29, 0.717) is 5.02 Å². The molecular formula is C14H19ClN2O4.